The van der Waals surface area contributed by atoms with Crippen LogP contribution in [0.5, 0.6) is 0 Å². The molecule has 0 fully saturated rings. The minimum Gasteiger partial charge on any atom is -0.452 e. The topological polar surface area (TPSA) is 63.7 Å². The smallest absolute Gasteiger partial charge is 0.339 e. The summed E-state index contributed by atoms with van der Waals surface area (Å²) >= 11 is 0. The highest BCUT2D eigenvalue weighted by Crippen LogP contribution is 2.16. The van der Waals surface area contributed by atoms with E-state index in [9.17, 15) is 18.2 Å². The van der Waals surface area contributed by atoms with Crippen LogP contribution in [0.4, 0.5) is 10.1 Å². The number of likely N-dealkylation sites (N-methyl/N-ethyl adjacent to an activating group) is 1. The molecule has 0 bridgehead atoms. The fourth-order valence-electron chi connectivity index (χ4n) is 2.29. The second-order valence-electron chi connectivity index (χ2n) is 5.14. The Kier molecular flexibility index (Phi) is 6.41. The monoisotopic (exact) mass is 363 g/mol. The third-order valence-corrected chi connectivity index (χ3v) is 4.47. The molecule has 0 aromatic heterocycles. The number of hydrogen-bond acceptors (Lipinski definition) is 4. The van der Waals surface area contributed by atoms with Crippen molar-refractivity contribution in [2.45, 2.75) is 11.8 Å². The Morgan fingerprint density at radius 1 is 1.12 bits per heavy atom. The Morgan fingerprint density at radius 2 is 1.76 bits per heavy atom. The van der Waals surface area contributed by atoms with E-state index in [1.165, 1.54) is 41.5 Å². The van der Waals surface area contributed by atoms with Gasteiger partial charge in [-0.25, -0.2) is 9.18 Å². The predicted molar refractivity (Wildman–Crippen MR) is 93.5 cm³/mol. The average molecular weight is 363 g/mol. The Morgan fingerprint density at radius 3 is 2.36 bits per heavy atom. The van der Waals surface area contributed by atoms with Crippen molar-refractivity contribution >= 4 is 28.4 Å². The van der Waals surface area contributed by atoms with Gasteiger partial charge >= 0.3 is 5.97 Å². The van der Waals surface area contributed by atoms with Crippen LogP contribution >= 0.6 is 0 Å². The Labute approximate surface area is 147 Å². The molecule has 0 aliphatic carbocycles. The van der Waals surface area contributed by atoms with Crippen molar-refractivity contribution in [3.63, 3.8) is 0 Å². The van der Waals surface area contributed by atoms with E-state index >= 15 is 0 Å². The molecule has 0 radical (unpaired) electrons. The number of carbonyl (C=O) groups excluding carboxylic acids is 2. The maximum absolute atomic E-state index is 13.0. The molecule has 1 amide bonds. The van der Waals surface area contributed by atoms with Gasteiger partial charge in [0.2, 0.25) is 0 Å². The summed E-state index contributed by atoms with van der Waals surface area (Å²) in [7, 11) is -1.35. The lowest BCUT2D eigenvalue weighted by Gasteiger charge is -2.21. The molecule has 0 N–H and O–H groups in total. The van der Waals surface area contributed by atoms with Crippen LogP contribution in [0.3, 0.4) is 0 Å². The first kappa shape index (κ1) is 18.8. The van der Waals surface area contributed by atoms with Crippen molar-refractivity contribution in [2.75, 3.05) is 24.3 Å². The fourth-order valence-corrected chi connectivity index (χ4v) is 3.02. The fraction of sp³-hybridized carbons (Fsp3) is 0.222. The molecular weight excluding hydrogens is 345 g/mol. The number of benzene rings is 2. The van der Waals surface area contributed by atoms with E-state index in [0.717, 1.165) is 0 Å². The van der Waals surface area contributed by atoms with Crippen LogP contribution in [0.25, 0.3) is 0 Å². The molecule has 0 unspecified atom stereocenters. The summed E-state index contributed by atoms with van der Waals surface area (Å²) in [6.45, 7) is 1.64. The standard InChI is InChI=1S/C18H18FNO4S/c1-3-20(14-10-8-13(19)9-11-14)17(21)12-24-18(22)15-6-4-5-7-16(15)25(2)23/h4-11H,3,12H2,1-2H3/t25-/m1/s1. The average Bonchev–Trinajstić information content (AvgIpc) is 2.61. The number of anilines is 1. The number of hydrogen-bond donors (Lipinski definition) is 0. The molecule has 5 nitrogen and oxygen atoms in total. The molecule has 1 atom stereocenters. The number of ether oxygens (including phenoxy) is 1. The highest BCUT2D eigenvalue weighted by molar-refractivity contribution is 7.84. The zero-order valence-corrected chi connectivity index (χ0v) is 14.7. The van der Waals surface area contributed by atoms with Crippen LogP contribution < -0.4 is 4.90 Å². The summed E-state index contributed by atoms with van der Waals surface area (Å²) < 4.78 is 29.7. The van der Waals surface area contributed by atoms with E-state index in [-0.39, 0.29) is 5.56 Å². The van der Waals surface area contributed by atoms with Gasteiger partial charge in [-0.05, 0) is 43.3 Å². The lowest BCUT2D eigenvalue weighted by molar-refractivity contribution is -0.121. The summed E-state index contributed by atoms with van der Waals surface area (Å²) in [6.07, 6.45) is 1.46. The van der Waals surface area contributed by atoms with Crippen LogP contribution in [0.15, 0.2) is 53.4 Å². The van der Waals surface area contributed by atoms with Gasteiger partial charge in [-0.3, -0.25) is 9.00 Å². The quantitative estimate of drug-likeness (QED) is 0.741. The largest absolute Gasteiger partial charge is 0.452 e. The molecule has 0 aliphatic rings. The third kappa shape index (κ3) is 4.73. The predicted octanol–water partition coefficient (Wildman–Crippen LogP) is 2.77. The van der Waals surface area contributed by atoms with E-state index in [1.807, 2.05) is 0 Å². The van der Waals surface area contributed by atoms with E-state index in [1.54, 1.807) is 25.1 Å². The van der Waals surface area contributed by atoms with Crippen molar-refractivity contribution in [3.8, 4) is 0 Å². The van der Waals surface area contributed by atoms with Crippen LogP contribution in [0.1, 0.15) is 17.3 Å². The molecule has 25 heavy (non-hydrogen) atoms. The Balaban J connectivity index is 2.07. The summed E-state index contributed by atoms with van der Waals surface area (Å²) in [6, 6.07) is 11.8. The Bertz CT molecular complexity index is 792. The third-order valence-electron chi connectivity index (χ3n) is 3.50. The second kappa shape index (κ2) is 8.53. The number of carbonyl (C=O) groups is 2. The van der Waals surface area contributed by atoms with Gasteiger partial charge in [-0.15, -0.1) is 0 Å². The first-order chi connectivity index (χ1) is 11.9. The van der Waals surface area contributed by atoms with E-state index in [2.05, 4.69) is 0 Å². The normalized spacial score (nSPS) is 11.6. The van der Waals surface area contributed by atoms with Crippen LogP contribution in [0.2, 0.25) is 0 Å². The summed E-state index contributed by atoms with van der Waals surface area (Å²) in [5.74, 6) is -1.55. The van der Waals surface area contributed by atoms with Gasteiger partial charge in [0, 0.05) is 18.5 Å². The lowest BCUT2D eigenvalue weighted by Crippen LogP contribution is -2.34. The minimum atomic E-state index is -1.35. The van der Waals surface area contributed by atoms with Gasteiger partial charge in [0.05, 0.1) is 21.3 Å². The summed E-state index contributed by atoms with van der Waals surface area (Å²) in [5.41, 5.74) is 0.681. The van der Waals surface area contributed by atoms with Crippen LogP contribution in [-0.4, -0.2) is 35.5 Å². The highest BCUT2D eigenvalue weighted by atomic mass is 32.2. The van der Waals surface area contributed by atoms with Gasteiger partial charge in [0.15, 0.2) is 6.61 Å². The van der Waals surface area contributed by atoms with E-state index in [4.69, 9.17) is 4.74 Å². The molecule has 2 aromatic rings. The maximum Gasteiger partial charge on any atom is 0.339 e. The van der Waals surface area contributed by atoms with Crippen molar-refractivity contribution < 1.29 is 22.9 Å². The zero-order chi connectivity index (χ0) is 18.4. The molecule has 0 spiro atoms. The molecule has 132 valence electrons. The number of rotatable bonds is 6. The molecule has 7 heteroatoms. The number of amides is 1. The lowest BCUT2D eigenvalue weighted by atomic mass is 10.2. The molecule has 0 saturated heterocycles. The summed E-state index contributed by atoms with van der Waals surface area (Å²) in [5, 5.41) is 0. The zero-order valence-electron chi connectivity index (χ0n) is 13.9. The maximum atomic E-state index is 13.0. The van der Waals surface area contributed by atoms with Crippen LogP contribution in [0, 0.1) is 5.82 Å². The SMILES string of the molecule is CCN(C(=O)COC(=O)c1ccccc1[S@@](C)=O)c1ccc(F)cc1. The van der Waals surface area contributed by atoms with Crippen molar-refractivity contribution in [1.29, 1.82) is 0 Å². The number of esters is 1. The molecule has 0 aliphatic heterocycles. The van der Waals surface area contributed by atoms with Gasteiger partial charge in [0.1, 0.15) is 5.82 Å². The van der Waals surface area contributed by atoms with E-state index in [0.29, 0.717) is 17.1 Å². The summed E-state index contributed by atoms with van der Waals surface area (Å²) in [4.78, 5) is 26.2. The Hall–Kier alpha value is -2.54. The van der Waals surface area contributed by atoms with Crippen molar-refractivity contribution in [3.05, 3.63) is 59.9 Å². The first-order valence-electron chi connectivity index (χ1n) is 7.59. The molecular formula is C18H18FNO4S. The second-order valence-corrected chi connectivity index (χ2v) is 6.49. The van der Waals surface area contributed by atoms with Gasteiger partial charge in [-0.2, -0.15) is 0 Å². The highest BCUT2D eigenvalue weighted by Gasteiger charge is 2.19. The molecule has 0 saturated carbocycles. The van der Waals surface area contributed by atoms with Gasteiger partial charge in [0.25, 0.3) is 5.91 Å². The van der Waals surface area contributed by atoms with Crippen molar-refractivity contribution in [2.24, 2.45) is 0 Å². The van der Waals surface area contributed by atoms with Crippen molar-refractivity contribution in [1.82, 2.24) is 0 Å². The first-order valence-corrected chi connectivity index (χ1v) is 9.15. The molecule has 0 heterocycles. The van der Waals surface area contributed by atoms with Gasteiger partial charge < -0.3 is 9.64 Å². The van der Waals surface area contributed by atoms with Crippen LogP contribution in [-0.2, 0) is 20.3 Å². The number of halogens is 1. The minimum absolute atomic E-state index is 0.168. The molecule has 2 rings (SSSR count). The van der Waals surface area contributed by atoms with Gasteiger partial charge in [-0.1, -0.05) is 12.1 Å². The van der Waals surface area contributed by atoms with E-state index < -0.39 is 35.1 Å². The number of nitrogens with zero attached hydrogens (tertiary/aromatic N) is 1. The molecule has 2 aromatic carbocycles.